The van der Waals surface area contributed by atoms with Gasteiger partial charge in [0.2, 0.25) is 0 Å². The molecule has 1 atom stereocenters. The molecule has 88 valence electrons. The molecule has 1 aliphatic rings. The van der Waals surface area contributed by atoms with Crippen LogP contribution < -0.4 is 10.9 Å². The summed E-state index contributed by atoms with van der Waals surface area (Å²) in [5, 5.41) is 12.4. The van der Waals surface area contributed by atoms with Gasteiger partial charge in [-0.3, -0.25) is 9.36 Å². The van der Waals surface area contributed by atoms with Crippen LogP contribution in [-0.4, -0.2) is 27.3 Å². The van der Waals surface area contributed by atoms with Crippen molar-refractivity contribution in [1.29, 1.82) is 0 Å². The first-order chi connectivity index (χ1) is 7.68. The Bertz CT molecular complexity index is 426. The molecule has 0 saturated carbocycles. The van der Waals surface area contributed by atoms with Gasteiger partial charge in [-0.25, -0.2) is 4.98 Å². The van der Waals surface area contributed by atoms with Crippen LogP contribution in [-0.2, 0) is 19.5 Å². The highest BCUT2D eigenvalue weighted by molar-refractivity contribution is 5.19. The zero-order chi connectivity index (χ0) is 11.5. The molecule has 0 aromatic carbocycles. The average Bonchev–Trinajstić information content (AvgIpc) is 2.28. The number of aliphatic hydroxyl groups excluding tert-OH is 1. The van der Waals surface area contributed by atoms with E-state index in [1.54, 1.807) is 17.8 Å². The van der Waals surface area contributed by atoms with Crippen LogP contribution in [0.1, 0.15) is 24.6 Å². The molecular formula is C11H17N3O2. The molecule has 1 aliphatic heterocycles. The van der Waals surface area contributed by atoms with Crippen molar-refractivity contribution in [3.63, 3.8) is 0 Å². The topological polar surface area (TPSA) is 67.1 Å². The number of rotatable bonds is 3. The van der Waals surface area contributed by atoms with E-state index in [0.29, 0.717) is 19.5 Å². The van der Waals surface area contributed by atoms with Crippen molar-refractivity contribution in [2.24, 2.45) is 0 Å². The van der Waals surface area contributed by atoms with Crippen molar-refractivity contribution in [3.05, 3.63) is 27.9 Å². The highest BCUT2D eigenvalue weighted by Crippen LogP contribution is 2.05. The molecule has 0 saturated heterocycles. The van der Waals surface area contributed by atoms with Crippen LogP contribution in [0.3, 0.4) is 0 Å². The van der Waals surface area contributed by atoms with Crippen LogP contribution in [0.5, 0.6) is 0 Å². The first-order valence-corrected chi connectivity index (χ1v) is 5.64. The Balaban J connectivity index is 2.24. The highest BCUT2D eigenvalue weighted by atomic mass is 16.3. The minimum atomic E-state index is -0.385. The minimum Gasteiger partial charge on any atom is -0.393 e. The molecule has 5 nitrogen and oxygen atoms in total. The van der Waals surface area contributed by atoms with Gasteiger partial charge in [0.05, 0.1) is 18.1 Å². The molecule has 2 heterocycles. The normalized spacial score (nSPS) is 16.9. The van der Waals surface area contributed by atoms with Crippen LogP contribution in [0.15, 0.2) is 11.1 Å². The van der Waals surface area contributed by atoms with E-state index < -0.39 is 0 Å². The molecule has 0 fully saturated rings. The quantitative estimate of drug-likeness (QED) is 0.735. The predicted octanol–water partition coefficient (Wildman–Crippen LogP) is -0.340. The molecule has 1 aromatic rings. The molecule has 2 N–H and O–H groups in total. The third kappa shape index (κ3) is 2.31. The number of nitrogens with one attached hydrogen (secondary N) is 1. The lowest BCUT2D eigenvalue weighted by Gasteiger charge is -2.17. The van der Waals surface area contributed by atoms with Gasteiger partial charge in [-0.15, -0.1) is 0 Å². The third-order valence-corrected chi connectivity index (χ3v) is 2.85. The second-order valence-corrected chi connectivity index (χ2v) is 4.23. The third-order valence-electron chi connectivity index (χ3n) is 2.85. The number of aromatic nitrogens is 2. The van der Waals surface area contributed by atoms with Crippen molar-refractivity contribution < 1.29 is 5.11 Å². The van der Waals surface area contributed by atoms with E-state index in [4.69, 9.17) is 0 Å². The maximum absolute atomic E-state index is 12.0. The summed E-state index contributed by atoms with van der Waals surface area (Å²) in [7, 11) is 0. The molecule has 0 bridgehead atoms. The average molecular weight is 223 g/mol. The zero-order valence-electron chi connectivity index (χ0n) is 9.44. The lowest BCUT2D eigenvalue weighted by atomic mass is 10.1. The van der Waals surface area contributed by atoms with E-state index in [2.05, 4.69) is 10.3 Å². The van der Waals surface area contributed by atoms with E-state index in [9.17, 15) is 9.90 Å². The fourth-order valence-corrected chi connectivity index (χ4v) is 1.88. The summed E-state index contributed by atoms with van der Waals surface area (Å²) in [6.45, 7) is 3.77. The summed E-state index contributed by atoms with van der Waals surface area (Å²) in [6, 6.07) is 0. The molecule has 5 heteroatoms. The molecule has 1 unspecified atom stereocenters. The first-order valence-electron chi connectivity index (χ1n) is 5.64. The van der Waals surface area contributed by atoms with Gasteiger partial charge < -0.3 is 10.4 Å². The molecule has 0 spiro atoms. The predicted molar refractivity (Wildman–Crippen MR) is 60.2 cm³/mol. The number of hydrogen-bond donors (Lipinski definition) is 2. The van der Waals surface area contributed by atoms with Crippen LogP contribution in [0.25, 0.3) is 0 Å². The summed E-state index contributed by atoms with van der Waals surface area (Å²) >= 11 is 0. The van der Waals surface area contributed by atoms with Crippen LogP contribution in [0.2, 0.25) is 0 Å². The van der Waals surface area contributed by atoms with Crippen LogP contribution in [0, 0.1) is 0 Å². The van der Waals surface area contributed by atoms with Gasteiger partial charge in [0, 0.05) is 18.7 Å². The van der Waals surface area contributed by atoms with Gasteiger partial charge >= 0.3 is 0 Å². The van der Waals surface area contributed by atoms with Gasteiger partial charge in [-0.2, -0.15) is 0 Å². The molecule has 0 aliphatic carbocycles. The Morgan fingerprint density at radius 3 is 3.25 bits per heavy atom. The van der Waals surface area contributed by atoms with Gasteiger partial charge in [-0.1, -0.05) is 0 Å². The van der Waals surface area contributed by atoms with E-state index in [-0.39, 0.29) is 11.7 Å². The fourth-order valence-electron chi connectivity index (χ4n) is 1.88. The number of fused-ring (bicyclic) bond motifs is 1. The van der Waals surface area contributed by atoms with E-state index in [1.807, 2.05) is 0 Å². The summed E-state index contributed by atoms with van der Waals surface area (Å²) in [4.78, 5) is 16.3. The number of aryl methyl sites for hydroxylation is 1. The molecule has 1 aromatic heterocycles. The second kappa shape index (κ2) is 4.76. The summed E-state index contributed by atoms with van der Waals surface area (Å²) in [6.07, 6.45) is 2.52. The lowest BCUT2D eigenvalue weighted by molar-refractivity contribution is 0.177. The monoisotopic (exact) mass is 223 g/mol. The van der Waals surface area contributed by atoms with Crippen molar-refractivity contribution >= 4 is 0 Å². The Morgan fingerprint density at radius 2 is 2.50 bits per heavy atom. The fraction of sp³-hybridized carbons (Fsp3) is 0.636. The van der Waals surface area contributed by atoms with Crippen molar-refractivity contribution in [3.8, 4) is 0 Å². The maximum atomic E-state index is 12.0. The Labute approximate surface area is 94.1 Å². The highest BCUT2D eigenvalue weighted by Gasteiger charge is 2.15. The van der Waals surface area contributed by atoms with Gasteiger partial charge in [0.15, 0.2) is 0 Å². The van der Waals surface area contributed by atoms with E-state index >= 15 is 0 Å². The number of aliphatic hydroxyl groups is 1. The Morgan fingerprint density at radius 1 is 1.69 bits per heavy atom. The standard InChI is InChI=1S/C11H17N3O2/c1-8(15)3-5-14-7-13-10-6-12-4-2-9(10)11(14)16/h7-8,12,15H,2-6H2,1H3. The molecule has 0 amide bonds. The lowest BCUT2D eigenvalue weighted by Crippen LogP contribution is -2.34. The Kier molecular flexibility index (Phi) is 3.36. The van der Waals surface area contributed by atoms with Gasteiger partial charge in [0.25, 0.3) is 5.56 Å². The van der Waals surface area contributed by atoms with Crippen molar-refractivity contribution in [2.45, 2.75) is 39.0 Å². The summed E-state index contributed by atoms with van der Waals surface area (Å²) in [5.74, 6) is 0. The molecular weight excluding hydrogens is 206 g/mol. The first kappa shape index (κ1) is 11.3. The number of nitrogens with zero attached hydrogens (tertiary/aromatic N) is 2. The van der Waals surface area contributed by atoms with Crippen LogP contribution >= 0.6 is 0 Å². The zero-order valence-corrected chi connectivity index (χ0v) is 9.44. The summed E-state index contributed by atoms with van der Waals surface area (Å²) < 4.78 is 1.59. The van der Waals surface area contributed by atoms with Crippen LogP contribution in [0.4, 0.5) is 0 Å². The second-order valence-electron chi connectivity index (χ2n) is 4.23. The maximum Gasteiger partial charge on any atom is 0.256 e. The molecule has 0 radical (unpaired) electrons. The number of hydrogen-bond acceptors (Lipinski definition) is 4. The van der Waals surface area contributed by atoms with E-state index in [1.165, 1.54) is 0 Å². The summed E-state index contributed by atoms with van der Waals surface area (Å²) in [5.41, 5.74) is 1.74. The van der Waals surface area contributed by atoms with Gasteiger partial charge in [0.1, 0.15) is 0 Å². The molecule has 2 rings (SSSR count). The SMILES string of the molecule is CC(O)CCn1cnc2c(c1=O)CCNC2. The smallest absolute Gasteiger partial charge is 0.256 e. The van der Waals surface area contributed by atoms with E-state index in [0.717, 1.165) is 24.2 Å². The minimum absolute atomic E-state index is 0.0483. The van der Waals surface area contributed by atoms with Gasteiger partial charge in [-0.05, 0) is 26.3 Å². The largest absolute Gasteiger partial charge is 0.393 e. The van der Waals surface area contributed by atoms with Crippen molar-refractivity contribution in [1.82, 2.24) is 14.9 Å². The molecule has 16 heavy (non-hydrogen) atoms. The Hall–Kier alpha value is -1.20. The van der Waals surface area contributed by atoms with Crippen molar-refractivity contribution in [2.75, 3.05) is 6.54 Å².